The van der Waals surface area contributed by atoms with Crippen molar-refractivity contribution in [2.24, 2.45) is 0 Å². The molecule has 0 saturated heterocycles. The largest absolute Gasteiger partial charge is 0.415 e. The van der Waals surface area contributed by atoms with Crippen molar-refractivity contribution in [1.29, 1.82) is 0 Å². The second kappa shape index (κ2) is 16.1. The van der Waals surface area contributed by atoms with E-state index in [1.807, 2.05) is 5.32 Å². The number of amides is 1. The number of aryl methyl sites for hydroxylation is 2. The Bertz CT molecular complexity index is 2000. The quantitative estimate of drug-likeness (QED) is 0.103. The molecule has 1 N–H and O–H groups in total. The van der Waals surface area contributed by atoms with Gasteiger partial charge in [-0.05, 0) is 50.7 Å². The fourth-order valence-corrected chi connectivity index (χ4v) is 6.69. The second-order valence-electron chi connectivity index (χ2n) is 13.8. The van der Waals surface area contributed by atoms with Crippen molar-refractivity contribution >= 4 is 11.7 Å². The van der Waals surface area contributed by atoms with Gasteiger partial charge in [0.1, 0.15) is 11.6 Å². The van der Waals surface area contributed by atoms with Crippen LogP contribution >= 0.6 is 0 Å². The van der Waals surface area contributed by atoms with E-state index in [2.05, 4.69) is 92.5 Å². The van der Waals surface area contributed by atoms with Gasteiger partial charge in [0.15, 0.2) is 5.78 Å². The maximum absolute atomic E-state index is 12.6. The summed E-state index contributed by atoms with van der Waals surface area (Å²) in [6, 6.07) is 17.2. The van der Waals surface area contributed by atoms with Crippen LogP contribution in [0.25, 0.3) is 11.5 Å². The zero-order valence-corrected chi connectivity index (χ0v) is 29.4. The molecule has 0 unspecified atom stereocenters. The maximum Gasteiger partial charge on any atom is 0.315 e. The monoisotopic (exact) mass is 729 g/mol. The first kappa shape index (κ1) is 37.4. The fraction of sp³-hybridized carbons (Fsp3) is 0.385. The highest BCUT2D eigenvalue weighted by Gasteiger charge is 2.40. The average molecular weight is 730 g/mol. The first-order valence-corrected chi connectivity index (χ1v) is 17.4. The molecule has 3 aromatic heterocycles. The minimum atomic E-state index is -3.14. The summed E-state index contributed by atoms with van der Waals surface area (Å²) < 4.78 is 54.3. The SMILES string of the molecule is Cc1ccc(C2(Cc3ncc(-c4nnc(C(F)F)o4)cn3)CCC2)cc1.Cc1ccc(C2(Cc3ncc(C(=O)CNC(=O)C(F)F)cn3)CCC2)cc1. The Hall–Kier alpha value is -5.40. The minimum absolute atomic E-state index is 0.00346. The number of carbonyl (C=O) groups is 2. The number of hydrogen-bond donors (Lipinski definition) is 1. The summed E-state index contributed by atoms with van der Waals surface area (Å²) in [5.41, 5.74) is 5.79. The summed E-state index contributed by atoms with van der Waals surface area (Å²) in [4.78, 5) is 40.1. The Morgan fingerprint density at radius 1 is 0.717 bits per heavy atom. The third kappa shape index (κ3) is 8.81. The average Bonchev–Trinajstić information content (AvgIpc) is 3.63. The summed E-state index contributed by atoms with van der Waals surface area (Å²) in [6.45, 7) is 3.63. The van der Waals surface area contributed by atoms with Crippen LogP contribution in [0, 0.1) is 13.8 Å². The van der Waals surface area contributed by atoms with Crippen molar-refractivity contribution in [1.82, 2.24) is 35.5 Å². The van der Waals surface area contributed by atoms with Gasteiger partial charge < -0.3 is 9.73 Å². The summed E-state index contributed by atoms with van der Waals surface area (Å²) >= 11 is 0. The van der Waals surface area contributed by atoms with Crippen LogP contribution in [0.2, 0.25) is 0 Å². The number of carbonyl (C=O) groups excluding carboxylic acids is 2. The van der Waals surface area contributed by atoms with Crippen LogP contribution in [0.15, 0.2) is 77.7 Å². The molecule has 276 valence electrons. The molecule has 14 heteroatoms. The number of alkyl halides is 4. The van der Waals surface area contributed by atoms with Crippen molar-refractivity contribution in [3.8, 4) is 11.5 Å². The number of benzene rings is 2. The molecule has 1 amide bonds. The van der Waals surface area contributed by atoms with E-state index in [1.165, 1.54) is 41.1 Å². The molecule has 2 saturated carbocycles. The Kier molecular flexibility index (Phi) is 11.3. The van der Waals surface area contributed by atoms with Crippen molar-refractivity contribution in [2.45, 2.75) is 88.9 Å². The van der Waals surface area contributed by atoms with E-state index in [9.17, 15) is 27.2 Å². The normalized spacial score (nSPS) is 15.5. The number of Topliss-reactive ketones (excluding diaryl/α,β-unsaturated/α-hetero) is 1. The van der Waals surface area contributed by atoms with E-state index in [4.69, 9.17) is 4.42 Å². The number of rotatable bonds is 12. The Morgan fingerprint density at radius 3 is 1.58 bits per heavy atom. The lowest BCUT2D eigenvalue weighted by molar-refractivity contribution is -0.131. The van der Waals surface area contributed by atoms with Crippen molar-refractivity contribution < 1.29 is 31.6 Å². The molecule has 2 aliphatic rings. The van der Waals surface area contributed by atoms with Crippen molar-refractivity contribution in [3.63, 3.8) is 0 Å². The summed E-state index contributed by atoms with van der Waals surface area (Å²) in [6.07, 6.45) is 8.11. The zero-order valence-electron chi connectivity index (χ0n) is 29.4. The van der Waals surface area contributed by atoms with Gasteiger partial charge in [-0.1, -0.05) is 72.5 Å². The van der Waals surface area contributed by atoms with E-state index < -0.39 is 37.0 Å². The Balaban J connectivity index is 0.000000181. The molecule has 0 bridgehead atoms. The van der Waals surface area contributed by atoms with E-state index >= 15 is 0 Å². The lowest BCUT2D eigenvalue weighted by Gasteiger charge is -2.42. The molecule has 5 aromatic rings. The van der Waals surface area contributed by atoms with Gasteiger partial charge in [0, 0.05) is 48.5 Å². The predicted molar refractivity (Wildman–Crippen MR) is 186 cm³/mol. The molecule has 10 nitrogen and oxygen atoms in total. The van der Waals surface area contributed by atoms with E-state index in [0.29, 0.717) is 17.8 Å². The summed E-state index contributed by atoms with van der Waals surface area (Å²) in [5.74, 6) is -1.30. The first-order chi connectivity index (χ1) is 25.4. The highest BCUT2D eigenvalue weighted by atomic mass is 19.3. The highest BCUT2D eigenvalue weighted by molar-refractivity contribution is 5.99. The van der Waals surface area contributed by atoms with Crippen LogP contribution in [0.1, 0.15) is 95.1 Å². The van der Waals surface area contributed by atoms with E-state index in [0.717, 1.165) is 44.3 Å². The molecule has 7 rings (SSSR count). The lowest BCUT2D eigenvalue weighted by Crippen LogP contribution is -2.37. The summed E-state index contributed by atoms with van der Waals surface area (Å²) in [7, 11) is 0. The van der Waals surface area contributed by atoms with Gasteiger partial charge in [0.05, 0.1) is 17.7 Å². The lowest BCUT2D eigenvalue weighted by atomic mass is 9.62. The number of nitrogens with one attached hydrogen (secondary N) is 1. The maximum atomic E-state index is 12.6. The van der Waals surface area contributed by atoms with Crippen LogP contribution in [-0.2, 0) is 28.5 Å². The second-order valence-corrected chi connectivity index (χ2v) is 13.8. The molecule has 2 aliphatic carbocycles. The van der Waals surface area contributed by atoms with Crippen LogP contribution in [0.4, 0.5) is 17.6 Å². The van der Waals surface area contributed by atoms with Crippen LogP contribution in [-0.4, -0.2) is 54.8 Å². The number of hydrogen-bond acceptors (Lipinski definition) is 9. The Morgan fingerprint density at radius 2 is 1.19 bits per heavy atom. The number of nitrogens with zero attached hydrogens (tertiary/aromatic N) is 6. The third-order valence-electron chi connectivity index (χ3n) is 10.2. The van der Waals surface area contributed by atoms with Crippen molar-refractivity contribution in [3.05, 3.63) is 119 Å². The number of aromatic nitrogens is 6. The molecule has 0 radical (unpaired) electrons. The molecule has 0 aliphatic heterocycles. The van der Waals surface area contributed by atoms with Crippen LogP contribution < -0.4 is 5.32 Å². The molecule has 0 atom stereocenters. The van der Waals surface area contributed by atoms with Crippen molar-refractivity contribution in [2.75, 3.05) is 6.54 Å². The standard InChI is InChI=1S/C20H21F2N3O2.C19H18F2N4O/c1-13-3-5-15(6-4-13)20(7-2-8-20)9-17-23-10-14(11-24-17)16(26)12-25-19(27)18(21)22;1-12-3-5-14(6-4-12)19(7-2-8-19)9-15-22-10-13(11-23-15)17-24-25-18(26-17)16(20)21/h3-6,10-11,18H,2,7-9,12H2,1H3,(H,25,27);3-6,10-11,16H,2,7-9H2,1H3. The number of halogens is 4. The molecule has 0 spiro atoms. The first-order valence-electron chi connectivity index (χ1n) is 17.4. The van der Waals surface area contributed by atoms with Crippen LogP contribution in [0.3, 0.4) is 0 Å². The smallest absolute Gasteiger partial charge is 0.315 e. The molecule has 53 heavy (non-hydrogen) atoms. The summed E-state index contributed by atoms with van der Waals surface area (Å²) in [5, 5.41) is 8.82. The number of ketones is 1. The van der Waals surface area contributed by atoms with Crippen LogP contribution in [0.5, 0.6) is 0 Å². The van der Waals surface area contributed by atoms with Gasteiger partial charge in [-0.25, -0.2) is 19.9 Å². The van der Waals surface area contributed by atoms with Gasteiger partial charge in [0.25, 0.3) is 17.7 Å². The molecular weight excluding hydrogens is 690 g/mol. The van der Waals surface area contributed by atoms with E-state index in [-0.39, 0.29) is 22.3 Å². The van der Waals surface area contributed by atoms with E-state index in [1.54, 1.807) is 12.4 Å². The topological polar surface area (TPSA) is 137 Å². The molecule has 2 aromatic carbocycles. The van der Waals surface area contributed by atoms with Gasteiger partial charge in [-0.15, -0.1) is 10.2 Å². The predicted octanol–water partition coefficient (Wildman–Crippen LogP) is 7.45. The highest BCUT2D eigenvalue weighted by Crippen LogP contribution is 2.47. The minimum Gasteiger partial charge on any atom is -0.415 e. The van der Waals surface area contributed by atoms with Gasteiger partial charge in [-0.3, -0.25) is 9.59 Å². The Labute approximate surface area is 303 Å². The molecule has 2 fully saturated rings. The third-order valence-corrected chi connectivity index (χ3v) is 10.2. The molecule has 3 heterocycles. The van der Waals surface area contributed by atoms with Gasteiger partial charge >= 0.3 is 12.9 Å². The molecular formula is C39H39F4N7O3. The van der Waals surface area contributed by atoms with Gasteiger partial charge in [0.2, 0.25) is 0 Å². The fourth-order valence-electron chi connectivity index (χ4n) is 6.69. The van der Waals surface area contributed by atoms with Gasteiger partial charge in [-0.2, -0.15) is 17.6 Å². The zero-order chi connectivity index (χ0) is 37.6.